The van der Waals surface area contributed by atoms with Crippen LogP contribution < -0.4 is 11.4 Å². The lowest BCUT2D eigenvalue weighted by atomic mass is 9.90. The van der Waals surface area contributed by atoms with E-state index in [9.17, 15) is 14.8 Å². The summed E-state index contributed by atoms with van der Waals surface area (Å²) in [5.41, 5.74) is 3.02. The Morgan fingerprint density at radius 3 is 2.86 bits per heavy atom. The van der Waals surface area contributed by atoms with Crippen LogP contribution in [0.2, 0.25) is 0 Å². The van der Waals surface area contributed by atoms with Crippen LogP contribution in [-0.4, -0.2) is 32.9 Å². The van der Waals surface area contributed by atoms with Gasteiger partial charge in [-0.1, -0.05) is 17.0 Å². The SMILES string of the molecule is C#C[C@@H]1[C@H](n2ccc(N)nc2=O)O[C@](C#C)(CN=O)[C@H]1O. The average molecular weight is 288 g/mol. The number of rotatable bonds is 3. The van der Waals surface area contributed by atoms with Crippen molar-refractivity contribution in [3.63, 3.8) is 0 Å². The van der Waals surface area contributed by atoms with E-state index in [-0.39, 0.29) is 5.82 Å². The number of aliphatic hydroxyl groups is 1. The number of nitrogen functional groups attached to an aromatic ring is 1. The molecule has 2 rings (SSSR count). The van der Waals surface area contributed by atoms with E-state index in [2.05, 4.69) is 22.0 Å². The zero-order chi connectivity index (χ0) is 15.6. The summed E-state index contributed by atoms with van der Waals surface area (Å²) in [5, 5.41) is 12.9. The van der Waals surface area contributed by atoms with Gasteiger partial charge in [-0.2, -0.15) is 9.89 Å². The van der Waals surface area contributed by atoms with Crippen molar-refractivity contribution in [2.75, 3.05) is 12.3 Å². The molecule has 3 N–H and O–H groups in total. The highest BCUT2D eigenvalue weighted by Crippen LogP contribution is 2.40. The molecule has 0 bridgehead atoms. The Balaban J connectivity index is 2.50. The summed E-state index contributed by atoms with van der Waals surface area (Å²) in [7, 11) is 0. The highest BCUT2D eigenvalue weighted by Gasteiger charge is 2.54. The quantitative estimate of drug-likeness (QED) is 0.549. The fourth-order valence-corrected chi connectivity index (χ4v) is 2.22. The molecule has 4 atom stereocenters. The number of nitroso groups, excluding NO2 is 1. The fraction of sp³-hybridized carbons (Fsp3) is 0.385. The molecule has 0 aromatic carbocycles. The zero-order valence-electron chi connectivity index (χ0n) is 10.8. The minimum Gasteiger partial charge on any atom is -0.387 e. The molecule has 8 nitrogen and oxygen atoms in total. The molecule has 8 heteroatoms. The van der Waals surface area contributed by atoms with Crippen molar-refractivity contribution in [3.05, 3.63) is 27.7 Å². The summed E-state index contributed by atoms with van der Waals surface area (Å²) in [5.74, 6) is 3.61. The van der Waals surface area contributed by atoms with Gasteiger partial charge in [0.1, 0.15) is 18.5 Å². The molecule has 0 amide bonds. The summed E-state index contributed by atoms with van der Waals surface area (Å²) >= 11 is 0. The number of aliphatic hydroxyl groups excluding tert-OH is 1. The first-order valence-corrected chi connectivity index (χ1v) is 5.92. The number of ether oxygens (including phenoxy) is 1. The Labute approximate surface area is 119 Å². The predicted molar refractivity (Wildman–Crippen MR) is 73.6 cm³/mol. The first-order chi connectivity index (χ1) is 9.99. The van der Waals surface area contributed by atoms with Crippen molar-refractivity contribution in [1.29, 1.82) is 0 Å². The second-order valence-electron chi connectivity index (χ2n) is 4.51. The molecule has 0 spiro atoms. The van der Waals surface area contributed by atoms with Gasteiger partial charge in [-0.05, 0) is 6.07 Å². The van der Waals surface area contributed by atoms with E-state index in [1.165, 1.54) is 12.3 Å². The molecule has 108 valence electrons. The summed E-state index contributed by atoms with van der Waals surface area (Å²) < 4.78 is 6.58. The van der Waals surface area contributed by atoms with Crippen LogP contribution in [0.4, 0.5) is 5.82 Å². The van der Waals surface area contributed by atoms with Crippen LogP contribution in [0, 0.1) is 35.5 Å². The van der Waals surface area contributed by atoms with Crippen molar-refractivity contribution in [3.8, 4) is 24.7 Å². The maximum absolute atomic E-state index is 11.9. The normalized spacial score (nSPS) is 31.3. The van der Waals surface area contributed by atoms with Crippen molar-refractivity contribution in [2.24, 2.45) is 11.1 Å². The topological polar surface area (TPSA) is 120 Å². The number of nitrogens with two attached hydrogens (primary N) is 1. The van der Waals surface area contributed by atoms with Crippen LogP contribution in [0.25, 0.3) is 0 Å². The smallest absolute Gasteiger partial charge is 0.351 e. The Morgan fingerprint density at radius 1 is 1.62 bits per heavy atom. The predicted octanol–water partition coefficient (Wildman–Crippen LogP) is -0.897. The van der Waals surface area contributed by atoms with Crippen molar-refractivity contribution in [1.82, 2.24) is 9.55 Å². The molecule has 0 unspecified atom stereocenters. The first kappa shape index (κ1) is 14.7. The summed E-state index contributed by atoms with van der Waals surface area (Å²) in [6.07, 6.45) is 9.63. The van der Waals surface area contributed by atoms with Gasteiger partial charge in [-0.25, -0.2) is 4.79 Å². The molecular formula is C13H12N4O4. The molecule has 0 saturated carbocycles. The third kappa shape index (κ3) is 2.27. The first-order valence-electron chi connectivity index (χ1n) is 5.92. The molecule has 21 heavy (non-hydrogen) atoms. The molecule has 1 saturated heterocycles. The van der Waals surface area contributed by atoms with Gasteiger partial charge >= 0.3 is 5.69 Å². The minimum absolute atomic E-state index is 0.0322. The maximum atomic E-state index is 11.9. The third-order valence-electron chi connectivity index (χ3n) is 3.32. The van der Waals surface area contributed by atoms with Gasteiger partial charge in [0.25, 0.3) is 0 Å². The van der Waals surface area contributed by atoms with Gasteiger partial charge in [0.15, 0.2) is 11.8 Å². The molecule has 1 aliphatic rings. The zero-order valence-corrected chi connectivity index (χ0v) is 10.8. The maximum Gasteiger partial charge on any atom is 0.351 e. The highest BCUT2D eigenvalue weighted by atomic mass is 16.6. The highest BCUT2D eigenvalue weighted by molar-refractivity contribution is 5.26. The van der Waals surface area contributed by atoms with Gasteiger partial charge in [0.2, 0.25) is 0 Å². The van der Waals surface area contributed by atoms with Crippen LogP contribution in [0.3, 0.4) is 0 Å². The summed E-state index contributed by atoms with van der Waals surface area (Å²) in [4.78, 5) is 25.9. The molecule has 0 aliphatic carbocycles. The molecule has 1 fully saturated rings. The van der Waals surface area contributed by atoms with Gasteiger partial charge < -0.3 is 15.6 Å². The van der Waals surface area contributed by atoms with E-state index in [4.69, 9.17) is 23.3 Å². The number of terminal acetylenes is 2. The van der Waals surface area contributed by atoms with Gasteiger partial charge in [0.05, 0.1) is 5.92 Å². The Morgan fingerprint density at radius 2 is 2.33 bits per heavy atom. The summed E-state index contributed by atoms with van der Waals surface area (Å²) in [6, 6.07) is 1.37. The van der Waals surface area contributed by atoms with Crippen LogP contribution in [0.15, 0.2) is 22.2 Å². The van der Waals surface area contributed by atoms with Crippen LogP contribution in [0.1, 0.15) is 6.23 Å². The molecule has 1 aromatic heterocycles. The standard InChI is InChI=1S/C13H12N4O4/c1-3-8-10(18)13(4-2,7-15-20)21-11(8)17-6-5-9(14)16-12(17)19/h1-2,5-6,8,10-11,18H,7H2,(H2,14,16,19)/t8-,10-,11+,13+/m0/s1. The lowest BCUT2D eigenvalue weighted by Crippen LogP contribution is -2.42. The van der Waals surface area contributed by atoms with Gasteiger partial charge in [-0.15, -0.1) is 12.8 Å². The van der Waals surface area contributed by atoms with E-state index in [0.717, 1.165) is 4.57 Å². The monoisotopic (exact) mass is 288 g/mol. The van der Waals surface area contributed by atoms with Crippen LogP contribution in [0.5, 0.6) is 0 Å². The number of aromatic nitrogens is 2. The lowest BCUT2D eigenvalue weighted by Gasteiger charge is -2.23. The van der Waals surface area contributed by atoms with E-state index >= 15 is 0 Å². The molecule has 1 aromatic rings. The lowest BCUT2D eigenvalue weighted by molar-refractivity contribution is -0.0604. The van der Waals surface area contributed by atoms with E-state index in [1.807, 2.05) is 0 Å². The Bertz CT molecular complexity index is 701. The second kappa shape index (κ2) is 5.37. The van der Waals surface area contributed by atoms with Crippen LogP contribution >= 0.6 is 0 Å². The Kier molecular flexibility index (Phi) is 3.76. The van der Waals surface area contributed by atoms with Gasteiger partial charge in [-0.3, -0.25) is 4.57 Å². The van der Waals surface area contributed by atoms with E-state index < -0.39 is 36.1 Å². The molecule has 1 aliphatic heterocycles. The van der Waals surface area contributed by atoms with Crippen molar-refractivity contribution >= 4 is 5.82 Å². The Hall–Kier alpha value is -2.68. The van der Waals surface area contributed by atoms with E-state index in [0.29, 0.717) is 0 Å². The van der Waals surface area contributed by atoms with Crippen LogP contribution in [-0.2, 0) is 4.74 Å². The van der Waals surface area contributed by atoms with Gasteiger partial charge in [0, 0.05) is 6.20 Å². The minimum atomic E-state index is -1.68. The number of hydrogen-bond donors (Lipinski definition) is 2. The largest absolute Gasteiger partial charge is 0.387 e. The van der Waals surface area contributed by atoms with Crippen molar-refractivity contribution < 1.29 is 9.84 Å². The van der Waals surface area contributed by atoms with Crippen molar-refractivity contribution in [2.45, 2.75) is 17.9 Å². The number of nitrogens with zero attached hydrogens (tertiary/aromatic N) is 3. The molecular weight excluding hydrogens is 276 g/mol. The second-order valence-corrected chi connectivity index (χ2v) is 4.51. The number of hydrogen-bond acceptors (Lipinski definition) is 7. The third-order valence-corrected chi connectivity index (χ3v) is 3.32. The average Bonchev–Trinajstić information content (AvgIpc) is 2.72. The fourth-order valence-electron chi connectivity index (χ4n) is 2.22. The molecule has 0 radical (unpaired) electrons. The van der Waals surface area contributed by atoms with E-state index in [1.54, 1.807) is 0 Å². The number of anilines is 1. The summed E-state index contributed by atoms with van der Waals surface area (Å²) in [6.45, 7) is -0.490. The molecule has 2 heterocycles.